The van der Waals surface area contributed by atoms with Crippen LogP contribution in [-0.2, 0) is 19.7 Å². The van der Waals surface area contributed by atoms with Gasteiger partial charge in [-0.2, -0.15) is 0 Å². The average Bonchev–Trinajstić information content (AvgIpc) is 2.33. The van der Waals surface area contributed by atoms with Gasteiger partial charge in [0.1, 0.15) is 0 Å². The Kier molecular flexibility index (Phi) is 4.90. The van der Waals surface area contributed by atoms with Gasteiger partial charge in [-0.15, -0.1) is 0 Å². The number of pyridine rings is 1. The Bertz CT molecular complexity index is 269. The van der Waals surface area contributed by atoms with Crippen LogP contribution in [0, 0.1) is 0 Å². The molecule has 0 aromatic carbocycles. The third kappa shape index (κ3) is 3.39. The van der Waals surface area contributed by atoms with Gasteiger partial charge in [-0.05, 0) is 0 Å². The molecule has 0 bridgehead atoms. The van der Waals surface area contributed by atoms with Crippen LogP contribution in [0.25, 0.3) is 0 Å². The Morgan fingerprint density at radius 2 is 1.60 bits per heavy atom. The SMILES string of the molecule is CO[SiH-](CCc1ccncc1)(OC)OC. The van der Waals surface area contributed by atoms with Crippen LogP contribution in [-0.4, -0.2) is 35.1 Å². The van der Waals surface area contributed by atoms with E-state index < -0.39 is 8.80 Å². The standard InChI is InChI=1S/C10H18NO3Si/c1-12-15(13-2,14-3)9-6-10-4-7-11-8-5-10/h4-5,7-8,15H,6,9H2,1-3H3/q-1. The Morgan fingerprint density at radius 1 is 1.07 bits per heavy atom. The fraction of sp³-hybridized carbons (Fsp3) is 0.500. The molecule has 0 saturated heterocycles. The summed E-state index contributed by atoms with van der Waals surface area (Å²) in [5.74, 6) is 0. The van der Waals surface area contributed by atoms with Crippen molar-refractivity contribution in [1.29, 1.82) is 0 Å². The molecule has 5 heteroatoms. The second-order valence-electron chi connectivity index (χ2n) is 3.39. The van der Waals surface area contributed by atoms with Crippen molar-refractivity contribution in [3.8, 4) is 0 Å². The maximum atomic E-state index is 5.36. The Labute approximate surface area is 91.6 Å². The van der Waals surface area contributed by atoms with E-state index in [4.69, 9.17) is 13.3 Å². The van der Waals surface area contributed by atoms with Crippen LogP contribution in [0.5, 0.6) is 0 Å². The molecule has 0 aliphatic rings. The van der Waals surface area contributed by atoms with Crippen molar-refractivity contribution in [1.82, 2.24) is 4.98 Å². The number of aromatic nitrogens is 1. The van der Waals surface area contributed by atoms with E-state index in [0.29, 0.717) is 0 Å². The zero-order valence-electron chi connectivity index (χ0n) is 9.47. The quantitative estimate of drug-likeness (QED) is 0.687. The zero-order valence-corrected chi connectivity index (χ0v) is 10.6. The summed E-state index contributed by atoms with van der Waals surface area (Å²) in [5, 5.41) is 0. The van der Waals surface area contributed by atoms with E-state index in [-0.39, 0.29) is 0 Å². The predicted octanol–water partition coefficient (Wildman–Crippen LogP) is 1.23. The van der Waals surface area contributed by atoms with Crippen LogP contribution in [0.4, 0.5) is 0 Å². The van der Waals surface area contributed by atoms with E-state index >= 15 is 0 Å². The van der Waals surface area contributed by atoms with Crippen molar-refractivity contribution < 1.29 is 13.3 Å². The molecule has 0 spiro atoms. The summed E-state index contributed by atoms with van der Waals surface area (Å²) in [6.07, 6.45) is 4.46. The van der Waals surface area contributed by atoms with Gasteiger partial charge in [0.25, 0.3) is 0 Å². The molecule has 0 unspecified atom stereocenters. The molecule has 1 heterocycles. The normalized spacial score (nSPS) is 12.7. The summed E-state index contributed by atoms with van der Waals surface area (Å²) in [4.78, 5) is 3.97. The monoisotopic (exact) mass is 228 g/mol. The van der Waals surface area contributed by atoms with Gasteiger partial charge >= 0.3 is 91.0 Å². The molecule has 15 heavy (non-hydrogen) atoms. The second-order valence-corrected chi connectivity index (χ2v) is 6.96. The number of hydrogen-bond acceptors (Lipinski definition) is 4. The minimum absolute atomic E-state index is 0.806. The molecule has 4 nitrogen and oxygen atoms in total. The van der Waals surface area contributed by atoms with Crippen molar-refractivity contribution in [2.75, 3.05) is 21.3 Å². The van der Waals surface area contributed by atoms with Gasteiger partial charge in [0.2, 0.25) is 0 Å². The molecule has 0 saturated carbocycles. The summed E-state index contributed by atoms with van der Waals surface area (Å²) in [7, 11) is 2.21. The third-order valence-electron chi connectivity index (χ3n) is 2.61. The summed E-state index contributed by atoms with van der Waals surface area (Å²) in [6.45, 7) is 0. The van der Waals surface area contributed by atoms with Crippen LogP contribution in [0.1, 0.15) is 5.56 Å². The number of nitrogens with zero attached hydrogens (tertiary/aromatic N) is 1. The summed E-state index contributed by atoms with van der Waals surface area (Å²) in [5.41, 5.74) is 1.22. The molecule has 0 radical (unpaired) electrons. The first-order valence-electron chi connectivity index (χ1n) is 4.95. The van der Waals surface area contributed by atoms with E-state index in [2.05, 4.69) is 4.98 Å². The number of aryl methyl sites for hydroxylation is 1. The topological polar surface area (TPSA) is 40.6 Å². The molecule has 0 fully saturated rings. The fourth-order valence-corrected chi connectivity index (χ4v) is 3.51. The van der Waals surface area contributed by atoms with Crippen molar-refractivity contribution in [2.45, 2.75) is 12.5 Å². The van der Waals surface area contributed by atoms with Crippen LogP contribution in [0.2, 0.25) is 6.04 Å². The first-order chi connectivity index (χ1) is 7.26. The summed E-state index contributed by atoms with van der Waals surface area (Å²) in [6, 6.07) is 4.79. The van der Waals surface area contributed by atoms with Crippen molar-refractivity contribution in [2.24, 2.45) is 0 Å². The van der Waals surface area contributed by atoms with E-state index in [9.17, 15) is 0 Å². The minimum atomic E-state index is -2.72. The van der Waals surface area contributed by atoms with Crippen LogP contribution >= 0.6 is 0 Å². The zero-order chi connectivity index (χ0) is 11.1. The van der Waals surface area contributed by atoms with Gasteiger partial charge in [-0.1, -0.05) is 0 Å². The Balaban J connectivity index is 2.54. The van der Waals surface area contributed by atoms with Gasteiger partial charge < -0.3 is 0 Å². The summed E-state index contributed by atoms with van der Waals surface area (Å²) < 4.78 is 16.1. The molecule has 0 N–H and O–H groups in total. The maximum absolute atomic E-state index is 5.36. The molecule has 0 atom stereocenters. The molecule has 1 aromatic heterocycles. The van der Waals surface area contributed by atoms with Crippen LogP contribution in [0.15, 0.2) is 24.5 Å². The van der Waals surface area contributed by atoms with Gasteiger partial charge in [0.05, 0.1) is 0 Å². The molecular weight excluding hydrogens is 210 g/mol. The van der Waals surface area contributed by atoms with E-state index in [1.54, 1.807) is 33.7 Å². The summed E-state index contributed by atoms with van der Waals surface area (Å²) >= 11 is 0. The van der Waals surface area contributed by atoms with E-state index in [0.717, 1.165) is 12.5 Å². The number of hydrogen-bond donors (Lipinski definition) is 0. The first kappa shape index (κ1) is 12.3. The van der Waals surface area contributed by atoms with Crippen molar-refractivity contribution in [3.63, 3.8) is 0 Å². The molecule has 0 aliphatic carbocycles. The molecular formula is C10H18NO3Si-. The van der Waals surface area contributed by atoms with Gasteiger partial charge in [-0.3, -0.25) is 0 Å². The Hall–Kier alpha value is -0.753. The molecule has 1 rings (SSSR count). The van der Waals surface area contributed by atoms with Crippen LogP contribution in [0.3, 0.4) is 0 Å². The molecule has 1 aromatic rings. The van der Waals surface area contributed by atoms with Crippen LogP contribution < -0.4 is 0 Å². The molecule has 86 valence electrons. The van der Waals surface area contributed by atoms with Crippen molar-refractivity contribution >= 4 is 8.80 Å². The van der Waals surface area contributed by atoms with Gasteiger partial charge in [0.15, 0.2) is 0 Å². The fourth-order valence-electron chi connectivity index (χ4n) is 1.54. The van der Waals surface area contributed by atoms with E-state index in [1.807, 2.05) is 12.1 Å². The molecule has 0 amide bonds. The Morgan fingerprint density at radius 3 is 2.07 bits per heavy atom. The van der Waals surface area contributed by atoms with E-state index in [1.165, 1.54) is 5.56 Å². The molecule has 0 aliphatic heterocycles. The third-order valence-corrected chi connectivity index (χ3v) is 5.76. The van der Waals surface area contributed by atoms with Gasteiger partial charge in [-0.25, -0.2) is 0 Å². The van der Waals surface area contributed by atoms with Crippen molar-refractivity contribution in [3.05, 3.63) is 30.1 Å². The average molecular weight is 228 g/mol. The first-order valence-corrected chi connectivity index (χ1v) is 7.18. The second kappa shape index (κ2) is 5.97. The predicted molar refractivity (Wildman–Crippen MR) is 60.9 cm³/mol. The number of rotatable bonds is 6. The van der Waals surface area contributed by atoms with Gasteiger partial charge in [0, 0.05) is 0 Å².